The molecule has 0 fully saturated rings. The molecule has 0 aromatic carbocycles. The van der Waals surface area contributed by atoms with Gasteiger partial charge >= 0.3 is 0 Å². The Bertz CT molecular complexity index is 181. The summed E-state index contributed by atoms with van der Waals surface area (Å²) in [6, 6.07) is 0.00921. The molecule has 0 spiro atoms. The van der Waals surface area contributed by atoms with Gasteiger partial charge in [-0.05, 0) is 19.3 Å². The first-order valence-corrected chi connectivity index (χ1v) is 8.25. The Kier molecular flexibility index (Phi) is 16.9. The van der Waals surface area contributed by atoms with E-state index in [9.17, 15) is 0 Å². The van der Waals surface area contributed by atoms with E-state index in [0.29, 0.717) is 0 Å². The van der Waals surface area contributed by atoms with Gasteiger partial charge in [0.1, 0.15) is 0 Å². The summed E-state index contributed by atoms with van der Waals surface area (Å²) in [6.07, 6.45) is 9.72. The van der Waals surface area contributed by atoms with E-state index in [1.807, 2.05) is 0 Å². The average molecular weight is 290 g/mol. The monoisotopic (exact) mass is 290 g/mol. The van der Waals surface area contributed by atoms with Crippen molar-refractivity contribution in [2.75, 3.05) is 13.2 Å². The highest BCUT2D eigenvalue weighted by Crippen LogP contribution is 2.17. The molecule has 0 aliphatic heterocycles. The molecule has 124 valence electrons. The number of hydrogen-bond donors (Lipinski definition) is 4. The number of unbranched alkanes of at least 4 members (excludes halogenated alkanes) is 3. The van der Waals surface area contributed by atoms with Crippen LogP contribution in [0.5, 0.6) is 0 Å². The number of hydrogen-bond acceptors (Lipinski definition) is 4. The Morgan fingerprint density at radius 2 is 1.35 bits per heavy atom. The smallest absolute Gasteiger partial charge is 0.0611 e. The molecular weight excluding hydrogens is 252 g/mol. The second kappa shape index (κ2) is 15.2. The van der Waals surface area contributed by atoms with Crippen LogP contribution in [0.1, 0.15) is 78.6 Å². The van der Waals surface area contributed by atoms with Gasteiger partial charge in [0.05, 0.1) is 13.2 Å². The van der Waals surface area contributed by atoms with E-state index in [1.54, 1.807) is 0 Å². The lowest BCUT2D eigenvalue weighted by Gasteiger charge is -2.26. The van der Waals surface area contributed by atoms with Crippen LogP contribution in [-0.2, 0) is 0 Å². The van der Waals surface area contributed by atoms with E-state index >= 15 is 0 Å². The van der Waals surface area contributed by atoms with Crippen LogP contribution in [0, 0.1) is 0 Å². The predicted octanol–water partition coefficient (Wildman–Crippen LogP) is 2.55. The maximum Gasteiger partial charge on any atom is 0.0611 e. The summed E-state index contributed by atoms with van der Waals surface area (Å²) in [4.78, 5) is 0. The van der Waals surface area contributed by atoms with Gasteiger partial charge in [-0.25, -0.2) is 0 Å². The fraction of sp³-hybridized carbons (Fsp3) is 1.00. The van der Waals surface area contributed by atoms with E-state index < -0.39 is 0 Å². The zero-order valence-corrected chi connectivity index (χ0v) is 13.9. The largest absolute Gasteiger partial charge is 0.395 e. The zero-order chi connectivity index (χ0) is 15.9. The Morgan fingerprint density at radius 1 is 0.900 bits per heavy atom. The highest BCUT2D eigenvalue weighted by Gasteiger charge is 2.21. The van der Waals surface area contributed by atoms with Gasteiger partial charge in [-0.1, -0.05) is 59.3 Å². The van der Waals surface area contributed by atoms with Crippen molar-refractivity contribution < 1.29 is 10.2 Å². The topological polar surface area (TPSA) is 92.5 Å². The molecule has 1 unspecified atom stereocenters. The van der Waals surface area contributed by atoms with Gasteiger partial charge in [-0.15, -0.1) is 0 Å². The molecule has 0 heterocycles. The minimum Gasteiger partial charge on any atom is -0.395 e. The van der Waals surface area contributed by atoms with Gasteiger partial charge in [0, 0.05) is 11.6 Å². The van der Waals surface area contributed by atoms with E-state index in [0.717, 1.165) is 57.8 Å². The summed E-state index contributed by atoms with van der Waals surface area (Å²) in [6.45, 7) is 6.67. The van der Waals surface area contributed by atoms with Crippen molar-refractivity contribution in [3.8, 4) is 0 Å². The summed E-state index contributed by atoms with van der Waals surface area (Å²) in [5, 5.41) is 17.5. The van der Waals surface area contributed by atoms with Gasteiger partial charge in [0.2, 0.25) is 0 Å². The minimum atomic E-state index is -0.300. The molecule has 6 N–H and O–H groups in total. The van der Waals surface area contributed by atoms with E-state index in [-0.39, 0.29) is 24.8 Å². The van der Waals surface area contributed by atoms with Crippen molar-refractivity contribution in [3.63, 3.8) is 0 Å². The SMILES string of the molecule is CCCCC(N)(CO)CCCC.CCCCC(N)CO. The highest BCUT2D eigenvalue weighted by atomic mass is 16.3. The van der Waals surface area contributed by atoms with Gasteiger partial charge in [-0.3, -0.25) is 0 Å². The lowest BCUT2D eigenvalue weighted by Crippen LogP contribution is -2.43. The fourth-order valence-corrected chi connectivity index (χ4v) is 1.90. The molecule has 0 aliphatic carbocycles. The fourth-order valence-electron chi connectivity index (χ4n) is 1.90. The van der Waals surface area contributed by atoms with Crippen LogP contribution in [0.3, 0.4) is 0 Å². The van der Waals surface area contributed by atoms with Crippen molar-refractivity contribution >= 4 is 0 Å². The summed E-state index contributed by atoms with van der Waals surface area (Å²) in [7, 11) is 0. The van der Waals surface area contributed by atoms with Crippen molar-refractivity contribution in [3.05, 3.63) is 0 Å². The van der Waals surface area contributed by atoms with Gasteiger partial charge in [0.15, 0.2) is 0 Å². The molecule has 0 aromatic heterocycles. The van der Waals surface area contributed by atoms with E-state index in [1.165, 1.54) is 0 Å². The Hall–Kier alpha value is -0.160. The first-order valence-electron chi connectivity index (χ1n) is 8.25. The maximum absolute atomic E-state index is 9.11. The molecular formula is C16H38N2O2. The van der Waals surface area contributed by atoms with Gasteiger partial charge < -0.3 is 21.7 Å². The molecule has 0 radical (unpaired) electrons. The number of aliphatic hydroxyl groups excluding tert-OH is 2. The predicted molar refractivity (Wildman–Crippen MR) is 87.6 cm³/mol. The van der Waals surface area contributed by atoms with Crippen molar-refractivity contribution in [2.45, 2.75) is 90.1 Å². The van der Waals surface area contributed by atoms with Crippen molar-refractivity contribution in [1.82, 2.24) is 0 Å². The lowest BCUT2D eigenvalue weighted by atomic mass is 9.89. The molecule has 0 rings (SSSR count). The second-order valence-corrected chi connectivity index (χ2v) is 5.81. The van der Waals surface area contributed by atoms with Crippen LogP contribution in [-0.4, -0.2) is 35.0 Å². The lowest BCUT2D eigenvalue weighted by molar-refractivity contribution is 0.173. The third-order valence-electron chi connectivity index (χ3n) is 3.53. The van der Waals surface area contributed by atoms with Gasteiger partial charge in [0.25, 0.3) is 0 Å². The summed E-state index contributed by atoms with van der Waals surface area (Å²) < 4.78 is 0. The molecule has 20 heavy (non-hydrogen) atoms. The van der Waals surface area contributed by atoms with Crippen LogP contribution >= 0.6 is 0 Å². The Balaban J connectivity index is 0. The van der Waals surface area contributed by atoms with E-state index in [4.69, 9.17) is 21.7 Å². The molecule has 0 bridgehead atoms. The number of nitrogens with two attached hydrogens (primary N) is 2. The number of rotatable bonds is 11. The second-order valence-electron chi connectivity index (χ2n) is 5.81. The molecule has 0 saturated heterocycles. The quantitative estimate of drug-likeness (QED) is 0.470. The normalized spacial score (nSPS) is 12.8. The molecule has 1 atom stereocenters. The molecule has 0 amide bonds. The molecule has 0 aromatic rings. The average Bonchev–Trinajstić information content (AvgIpc) is 2.49. The minimum absolute atomic E-state index is 0.00921. The van der Waals surface area contributed by atoms with Crippen molar-refractivity contribution in [2.24, 2.45) is 11.5 Å². The molecule has 4 heteroatoms. The Labute approximate surface area is 125 Å². The highest BCUT2D eigenvalue weighted by molar-refractivity contribution is 4.82. The number of aliphatic hydroxyl groups is 2. The first kappa shape index (κ1) is 22.1. The molecule has 0 saturated carbocycles. The molecule has 4 nitrogen and oxygen atoms in total. The maximum atomic E-state index is 9.11. The standard InChI is InChI=1S/C10H23NO.C6H15NO/c1-3-5-7-10(11,9-12)8-6-4-2;1-2-3-4-6(7)5-8/h12H,3-9,11H2,1-2H3;6,8H,2-5,7H2,1H3. The van der Waals surface area contributed by atoms with Crippen LogP contribution in [0.2, 0.25) is 0 Å². The zero-order valence-electron chi connectivity index (χ0n) is 13.9. The van der Waals surface area contributed by atoms with Crippen LogP contribution in [0.15, 0.2) is 0 Å². The first-order chi connectivity index (χ1) is 9.49. The van der Waals surface area contributed by atoms with Crippen LogP contribution in [0.25, 0.3) is 0 Å². The van der Waals surface area contributed by atoms with Gasteiger partial charge in [-0.2, -0.15) is 0 Å². The third kappa shape index (κ3) is 14.3. The van der Waals surface area contributed by atoms with Crippen LogP contribution in [0.4, 0.5) is 0 Å². The van der Waals surface area contributed by atoms with Crippen molar-refractivity contribution in [1.29, 1.82) is 0 Å². The summed E-state index contributed by atoms with van der Waals surface area (Å²) >= 11 is 0. The summed E-state index contributed by atoms with van der Waals surface area (Å²) in [5.74, 6) is 0. The third-order valence-corrected chi connectivity index (χ3v) is 3.53. The van der Waals surface area contributed by atoms with Crippen LogP contribution < -0.4 is 11.5 Å². The summed E-state index contributed by atoms with van der Waals surface area (Å²) in [5.41, 5.74) is 11.1. The molecule has 0 aliphatic rings. The Morgan fingerprint density at radius 3 is 1.65 bits per heavy atom. The van der Waals surface area contributed by atoms with E-state index in [2.05, 4.69) is 20.8 Å².